The molecule has 0 aromatic heterocycles. The van der Waals surface area contributed by atoms with Crippen molar-refractivity contribution in [3.05, 3.63) is 188 Å². The standard InChI is InChI=1S/C88H96O12/c1-5-9-13-21-65-69-49-71-66(22-14-10-6-2)73-51-75-68(24-16-12-8-4)76-52-74-67(23-15-11-7-3)72-50-70(65)82-78(62-35-27-58(54-90)28-36-62)84(72)96-44-19-46-98-86(74)80(64-39-31-60(56-92)32-40-64)88(76)100-48-20-47-99-87(75)79(63-37-29-59(55-91)30-38-63)85(73)97-45-18-43-95-83(71)77(81(69)93-41-17-42-94-82)61-33-25-57(53-89)26-34-61/h25-40,49-56,65-68H,5-24,41-48H2,1-4H3. The van der Waals surface area contributed by atoms with Crippen molar-refractivity contribution in [2.75, 3.05) is 52.9 Å². The maximum atomic E-state index is 12.7. The average molecular weight is 1350 g/mol. The van der Waals surface area contributed by atoms with Gasteiger partial charge in [-0.15, -0.1) is 0 Å². The van der Waals surface area contributed by atoms with Crippen molar-refractivity contribution >= 4 is 25.1 Å². The van der Waals surface area contributed by atoms with Crippen molar-refractivity contribution in [2.45, 2.75) is 180 Å². The highest BCUT2D eigenvalue weighted by Crippen LogP contribution is 2.62. The Morgan fingerprint density at radius 3 is 0.580 bits per heavy atom. The molecule has 100 heavy (non-hydrogen) atoms. The van der Waals surface area contributed by atoms with Gasteiger partial charge in [0.05, 0.1) is 75.1 Å². The first kappa shape index (κ1) is 69.3. The lowest BCUT2D eigenvalue weighted by atomic mass is 9.73. The third-order valence-corrected chi connectivity index (χ3v) is 21.0. The molecule has 0 unspecified atom stereocenters. The Labute approximate surface area is 590 Å². The molecule has 520 valence electrons. The summed E-state index contributed by atoms with van der Waals surface area (Å²) in [6.45, 7) is 11.7. The van der Waals surface area contributed by atoms with Gasteiger partial charge in [0.2, 0.25) is 0 Å². The maximum Gasteiger partial charge on any atom is 0.150 e. The third-order valence-electron chi connectivity index (χ3n) is 21.0. The summed E-state index contributed by atoms with van der Waals surface area (Å²) in [7, 11) is 0. The number of benzene rings is 8. The zero-order chi connectivity index (χ0) is 68.9. The normalized spacial score (nSPS) is 17.6. The molecule has 4 aliphatic heterocycles. The molecule has 12 heteroatoms. The molecule has 1 aliphatic carbocycles. The second kappa shape index (κ2) is 32.9. The van der Waals surface area contributed by atoms with Crippen LogP contribution in [0.25, 0.3) is 44.5 Å². The minimum Gasteiger partial charge on any atom is -0.492 e. The average Bonchev–Trinajstić information content (AvgIpc) is 0.724. The molecule has 8 bridgehead atoms. The van der Waals surface area contributed by atoms with Crippen LogP contribution in [0.4, 0.5) is 0 Å². The summed E-state index contributed by atoms with van der Waals surface area (Å²) in [5.74, 6) is 4.51. The van der Waals surface area contributed by atoms with Crippen LogP contribution in [0.15, 0.2) is 121 Å². The Kier molecular flexibility index (Phi) is 22.8. The number of hydrogen-bond acceptors (Lipinski definition) is 12. The summed E-state index contributed by atoms with van der Waals surface area (Å²) in [6.07, 6.45) is 20.1. The summed E-state index contributed by atoms with van der Waals surface area (Å²) in [5, 5.41) is 0. The molecule has 8 aromatic rings. The number of unbranched alkanes of at least 4 members (excludes halogenated alkanes) is 8. The number of rotatable bonds is 24. The summed E-state index contributed by atoms with van der Waals surface area (Å²) in [5.41, 5.74) is 17.2. The van der Waals surface area contributed by atoms with Crippen LogP contribution in [-0.2, 0) is 0 Å². The van der Waals surface area contributed by atoms with E-state index in [1.54, 1.807) is 0 Å². The highest BCUT2D eigenvalue weighted by Gasteiger charge is 2.41. The van der Waals surface area contributed by atoms with E-state index in [0.29, 0.717) is 101 Å². The molecule has 0 spiro atoms. The quantitative estimate of drug-likeness (QED) is 0.0420. The fourth-order valence-electron chi connectivity index (χ4n) is 16.0. The zero-order valence-corrected chi connectivity index (χ0v) is 58.9. The van der Waals surface area contributed by atoms with Crippen LogP contribution in [0.1, 0.15) is 266 Å². The highest BCUT2D eigenvalue weighted by atomic mass is 16.5. The van der Waals surface area contributed by atoms with Gasteiger partial charge in [-0.3, -0.25) is 19.2 Å². The van der Waals surface area contributed by atoms with Gasteiger partial charge in [-0.2, -0.15) is 0 Å². The fraction of sp³-hybridized carbons (Fsp3) is 0.409. The van der Waals surface area contributed by atoms with Crippen molar-refractivity contribution in [1.82, 2.24) is 0 Å². The van der Waals surface area contributed by atoms with Crippen molar-refractivity contribution in [3.8, 4) is 90.5 Å². The largest absolute Gasteiger partial charge is 0.492 e. The van der Waals surface area contributed by atoms with E-state index in [4.69, 9.17) is 37.9 Å². The van der Waals surface area contributed by atoms with Crippen LogP contribution in [-0.4, -0.2) is 78.0 Å². The second-order valence-corrected chi connectivity index (χ2v) is 27.7. The number of ether oxygens (including phenoxy) is 8. The monoisotopic (exact) mass is 1340 g/mol. The van der Waals surface area contributed by atoms with Gasteiger partial charge in [-0.05, 0) is 72.2 Å². The first-order valence-electron chi connectivity index (χ1n) is 37.4. The van der Waals surface area contributed by atoms with E-state index in [9.17, 15) is 19.2 Å². The number of carbonyl (C=O) groups is 4. The summed E-state index contributed by atoms with van der Waals surface area (Å²) in [4.78, 5) is 50.7. The lowest BCUT2D eigenvalue weighted by Crippen LogP contribution is -2.21. The van der Waals surface area contributed by atoms with Gasteiger partial charge in [0.1, 0.15) is 71.1 Å². The lowest BCUT2D eigenvalue weighted by molar-refractivity contribution is 0.111. The Morgan fingerprint density at radius 1 is 0.260 bits per heavy atom. The molecule has 5 aliphatic rings. The molecule has 0 saturated heterocycles. The molecule has 13 rings (SSSR count). The van der Waals surface area contributed by atoms with Gasteiger partial charge in [0, 0.05) is 116 Å². The topological polar surface area (TPSA) is 142 Å². The molecule has 8 aromatic carbocycles. The van der Waals surface area contributed by atoms with Crippen LogP contribution in [0.5, 0.6) is 46.0 Å². The van der Waals surface area contributed by atoms with Gasteiger partial charge < -0.3 is 37.9 Å². The molecule has 12 nitrogen and oxygen atoms in total. The molecule has 0 atom stereocenters. The zero-order valence-electron chi connectivity index (χ0n) is 58.9. The van der Waals surface area contributed by atoms with Gasteiger partial charge in [-0.25, -0.2) is 0 Å². The number of hydrogen-bond donors (Lipinski definition) is 0. The van der Waals surface area contributed by atoms with Crippen LogP contribution >= 0.6 is 0 Å². The Hall–Kier alpha value is -9.16. The Morgan fingerprint density at radius 2 is 0.430 bits per heavy atom. The van der Waals surface area contributed by atoms with Gasteiger partial charge in [0.25, 0.3) is 0 Å². The van der Waals surface area contributed by atoms with Gasteiger partial charge in [-0.1, -0.05) is 202 Å². The van der Waals surface area contributed by atoms with Crippen LogP contribution in [0.3, 0.4) is 0 Å². The Bertz CT molecular complexity index is 3520. The van der Waals surface area contributed by atoms with E-state index in [1.165, 1.54) is 0 Å². The van der Waals surface area contributed by atoms with Crippen LogP contribution in [0, 0.1) is 0 Å². The van der Waals surface area contributed by atoms with Crippen molar-refractivity contribution < 1.29 is 57.1 Å². The summed E-state index contributed by atoms with van der Waals surface area (Å²) < 4.78 is 60.2. The van der Waals surface area contributed by atoms with E-state index in [2.05, 4.69) is 100 Å². The van der Waals surface area contributed by atoms with Gasteiger partial charge in [0.15, 0.2) is 0 Å². The SMILES string of the molecule is CCCCCC1c2cc3c4c(-c5ccc(C=O)cc5)c2OCCCOc2c1cc1c(c2-c2ccc(C=O)cc2)OCCCOc2c(cc5c(c2-c2ccc(C=O)cc2)OCCCOc2c(cc(c(c2-c2ccc(C=O)cc2)OCCCO4)C3CCCCC)C5CCCCC)C1CCCCC. The smallest absolute Gasteiger partial charge is 0.150 e. The van der Waals surface area contributed by atoms with Crippen LogP contribution < -0.4 is 37.9 Å². The van der Waals surface area contributed by atoms with E-state index in [1.807, 2.05) is 48.5 Å². The first-order valence-corrected chi connectivity index (χ1v) is 37.4. The van der Waals surface area contributed by atoms with E-state index in [-0.39, 0.29) is 23.7 Å². The molecule has 4 heterocycles. The van der Waals surface area contributed by atoms with Crippen molar-refractivity contribution in [1.29, 1.82) is 0 Å². The predicted octanol–water partition coefficient (Wildman–Crippen LogP) is 21.4. The Balaban J connectivity index is 1.31. The van der Waals surface area contributed by atoms with Crippen LogP contribution in [0.2, 0.25) is 0 Å². The van der Waals surface area contributed by atoms with Crippen molar-refractivity contribution in [2.24, 2.45) is 0 Å². The van der Waals surface area contributed by atoms with Gasteiger partial charge >= 0.3 is 0 Å². The van der Waals surface area contributed by atoms with E-state index >= 15 is 0 Å². The predicted molar refractivity (Wildman–Crippen MR) is 395 cm³/mol. The molecule has 0 N–H and O–H groups in total. The molecule has 0 amide bonds. The fourth-order valence-corrected chi connectivity index (χ4v) is 16.0. The summed E-state index contributed by atoms with van der Waals surface area (Å²) in [6, 6.07) is 41.5. The molecular weight excluding hydrogens is 1250 g/mol. The van der Waals surface area contributed by atoms with E-state index in [0.717, 1.165) is 263 Å². The third kappa shape index (κ3) is 14.3. The van der Waals surface area contributed by atoms with Crippen molar-refractivity contribution in [3.63, 3.8) is 0 Å². The molecule has 0 radical (unpaired) electrons. The molecule has 0 saturated carbocycles. The highest BCUT2D eigenvalue weighted by molar-refractivity contribution is 5.90. The second-order valence-electron chi connectivity index (χ2n) is 27.7. The first-order chi connectivity index (χ1) is 49.3. The number of carbonyl (C=O) groups excluding carboxylic acids is 4. The maximum absolute atomic E-state index is 12.7. The minimum absolute atomic E-state index is 0.339. The van der Waals surface area contributed by atoms with E-state index < -0.39 is 0 Å². The number of aldehydes is 4. The molecule has 0 fully saturated rings. The summed E-state index contributed by atoms with van der Waals surface area (Å²) >= 11 is 0. The lowest BCUT2D eigenvalue weighted by Gasteiger charge is -2.36. The minimum atomic E-state index is -0.360. The molecular formula is C88H96O12.